The van der Waals surface area contributed by atoms with E-state index in [0.717, 1.165) is 40.0 Å². The monoisotopic (exact) mass is 373 g/mol. The van der Waals surface area contributed by atoms with Crippen LogP contribution in [0.25, 0.3) is 0 Å². The second kappa shape index (κ2) is 7.89. The molecule has 1 unspecified atom stereocenters. The SMILES string of the molecule is CCc1ccc(Nc2ccc(C(C)(C(=O)O)c3cccc(C)c3C)cc2)cc1. The fourth-order valence-electron chi connectivity index (χ4n) is 3.56. The topological polar surface area (TPSA) is 49.3 Å². The van der Waals surface area contributed by atoms with Gasteiger partial charge >= 0.3 is 5.97 Å². The lowest BCUT2D eigenvalue weighted by atomic mass is 9.74. The average Bonchev–Trinajstić information content (AvgIpc) is 2.70. The van der Waals surface area contributed by atoms with E-state index in [0.29, 0.717) is 0 Å². The van der Waals surface area contributed by atoms with Crippen LogP contribution in [0.1, 0.15) is 41.7 Å². The van der Waals surface area contributed by atoms with Gasteiger partial charge in [0.25, 0.3) is 0 Å². The summed E-state index contributed by atoms with van der Waals surface area (Å²) in [6.07, 6.45) is 1.02. The molecule has 0 aliphatic heterocycles. The molecule has 144 valence electrons. The van der Waals surface area contributed by atoms with Gasteiger partial charge in [0.15, 0.2) is 0 Å². The maximum Gasteiger partial charge on any atom is 0.318 e. The first-order valence-electron chi connectivity index (χ1n) is 9.63. The number of hydrogen-bond acceptors (Lipinski definition) is 2. The number of carboxylic acid groups (broad SMARTS) is 1. The van der Waals surface area contributed by atoms with Crippen LogP contribution in [-0.4, -0.2) is 11.1 Å². The van der Waals surface area contributed by atoms with E-state index in [-0.39, 0.29) is 0 Å². The number of rotatable bonds is 6. The van der Waals surface area contributed by atoms with E-state index in [9.17, 15) is 9.90 Å². The third kappa shape index (κ3) is 3.65. The smallest absolute Gasteiger partial charge is 0.318 e. The van der Waals surface area contributed by atoms with E-state index in [1.54, 1.807) is 6.92 Å². The molecule has 3 aromatic rings. The predicted octanol–water partition coefficient (Wildman–Crippen LogP) is 6.00. The van der Waals surface area contributed by atoms with Crippen molar-refractivity contribution in [2.24, 2.45) is 0 Å². The van der Waals surface area contributed by atoms with Crippen molar-refractivity contribution in [2.75, 3.05) is 5.32 Å². The minimum absolute atomic E-state index is 0.764. The maximum absolute atomic E-state index is 12.3. The van der Waals surface area contributed by atoms with Crippen molar-refractivity contribution >= 4 is 17.3 Å². The number of hydrogen-bond donors (Lipinski definition) is 2. The van der Waals surface area contributed by atoms with Crippen molar-refractivity contribution in [3.63, 3.8) is 0 Å². The van der Waals surface area contributed by atoms with Crippen LogP contribution in [0.2, 0.25) is 0 Å². The van der Waals surface area contributed by atoms with Crippen molar-refractivity contribution in [3.05, 3.63) is 94.5 Å². The fourth-order valence-corrected chi connectivity index (χ4v) is 3.56. The molecule has 0 heterocycles. The summed E-state index contributed by atoms with van der Waals surface area (Å²) in [7, 11) is 0. The Hall–Kier alpha value is -3.07. The number of benzene rings is 3. The molecule has 0 aromatic heterocycles. The molecule has 0 radical (unpaired) electrons. The van der Waals surface area contributed by atoms with Gasteiger partial charge in [0.1, 0.15) is 5.41 Å². The third-order valence-corrected chi connectivity index (χ3v) is 5.68. The van der Waals surface area contributed by atoms with Crippen LogP contribution in [0.3, 0.4) is 0 Å². The molecule has 3 rings (SSSR count). The lowest BCUT2D eigenvalue weighted by Crippen LogP contribution is -2.34. The molecular formula is C25H27NO2. The zero-order chi connectivity index (χ0) is 20.3. The highest BCUT2D eigenvalue weighted by molar-refractivity contribution is 5.86. The number of aliphatic carboxylic acids is 1. The molecule has 3 nitrogen and oxygen atoms in total. The van der Waals surface area contributed by atoms with Crippen LogP contribution in [0, 0.1) is 13.8 Å². The van der Waals surface area contributed by atoms with Gasteiger partial charge < -0.3 is 10.4 Å². The number of carbonyl (C=O) groups is 1. The molecule has 0 saturated heterocycles. The van der Waals surface area contributed by atoms with Crippen LogP contribution >= 0.6 is 0 Å². The van der Waals surface area contributed by atoms with Gasteiger partial charge in [-0.05, 0) is 79.3 Å². The van der Waals surface area contributed by atoms with Crippen molar-refractivity contribution in [2.45, 2.75) is 39.5 Å². The van der Waals surface area contributed by atoms with Crippen LogP contribution in [-0.2, 0) is 16.6 Å². The molecular weight excluding hydrogens is 346 g/mol. The van der Waals surface area contributed by atoms with Crippen LogP contribution in [0.4, 0.5) is 11.4 Å². The van der Waals surface area contributed by atoms with Gasteiger partial charge in [-0.3, -0.25) is 4.79 Å². The Labute approximate surface area is 167 Å². The highest BCUT2D eigenvalue weighted by Gasteiger charge is 2.38. The van der Waals surface area contributed by atoms with Crippen molar-refractivity contribution in [3.8, 4) is 0 Å². The lowest BCUT2D eigenvalue weighted by Gasteiger charge is -2.28. The first kappa shape index (κ1) is 19.7. The molecule has 1 atom stereocenters. The molecule has 0 saturated carbocycles. The van der Waals surface area contributed by atoms with Crippen LogP contribution in [0.5, 0.6) is 0 Å². The molecule has 0 aliphatic rings. The Kier molecular flexibility index (Phi) is 5.55. The minimum Gasteiger partial charge on any atom is -0.480 e. The number of aryl methyl sites for hydroxylation is 2. The molecule has 0 bridgehead atoms. The van der Waals surface area contributed by atoms with Gasteiger partial charge in [-0.25, -0.2) is 0 Å². The van der Waals surface area contributed by atoms with Gasteiger partial charge in [-0.2, -0.15) is 0 Å². The lowest BCUT2D eigenvalue weighted by molar-refractivity contribution is -0.141. The molecule has 3 heteroatoms. The second-order valence-electron chi connectivity index (χ2n) is 7.43. The molecule has 0 spiro atoms. The molecule has 3 aromatic carbocycles. The standard InChI is InChI=1S/C25H27NO2/c1-5-19-9-13-21(14-10-19)26-22-15-11-20(12-16-22)25(4,24(27)28)23-8-6-7-17(2)18(23)3/h6-16,26H,5H2,1-4H3,(H,27,28). The van der Waals surface area contributed by atoms with E-state index in [4.69, 9.17) is 0 Å². The highest BCUT2D eigenvalue weighted by Crippen LogP contribution is 2.36. The van der Waals surface area contributed by atoms with Crippen LogP contribution in [0.15, 0.2) is 66.7 Å². The summed E-state index contributed by atoms with van der Waals surface area (Å²) < 4.78 is 0. The number of carboxylic acids is 1. The summed E-state index contributed by atoms with van der Waals surface area (Å²) in [5.74, 6) is -0.850. The summed E-state index contributed by atoms with van der Waals surface area (Å²) in [5.41, 5.74) is 5.85. The zero-order valence-corrected chi connectivity index (χ0v) is 16.9. The summed E-state index contributed by atoms with van der Waals surface area (Å²) in [4.78, 5) is 12.3. The molecule has 28 heavy (non-hydrogen) atoms. The quantitative estimate of drug-likeness (QED) is 0.557. The summed E-state index contributed by atoms with van der Waals surface area (Å²) >= 11 is 0. The van der Waals surface area contributed by atoms with E-state index in [1.165, 1.54) is 5.56 Å². The van der Waals surface area contributed by atoms with Crippen molar-refractivity contribution in [1.82, 2.24) is 0 Å². The maximum atomic E-state index is 12.3. The molecule has 0 amide bonds. The summed E-state index contributed by atoms with van der Waals surface area (Å²) in [6, 6.07) is 21.9. The average molecular weight is 373 g/mol. The van der Waals surface area contributed by atoms with E-state index in [1.807, 2.05) is 56.3 Å². The molecule has 2 N–H and O–H groups in total. The van der Waals surface area contributed by atoms with Gasteiger partial charge in [0.05, 0.1) is 0 Å². The van der Waals surface area contributed by atoms with Crippen molar-refractivity contribution < 1.29 is 9.90 Å². The molecule has 0 fully saturated rings. The Morgan fingerprint density at radius 1 is 0.929 bits per heavy atom. The Morgan fingerprint density at radius 2 is 1.50 bits per heavy atom. The first-order chi connectivity index (χ1) is 13.4. The predicted molar refractivity (Wildman–Crippen MR) is 116 cm³/mol. The zero-order valence-electron chi connectivity index (χ0n) is 16.9. The van der Waals surface area contributed by atoms with Crippen LogP contribution < -0.4 is 5.32 Å². The summed E-state index contributed by atoms with van der Waals surface area (Å²) in [6.45, 7) is 7.92. The van der Waals surface area contributed by atoms with E-state index in [2.05, 4.69) is 36.5 Å². The van der Waals surface area contributed by atoms with E-state index >= 15 is 0 Å². The van der Waals surface area contributed by atoms with Gasteiger partial charge in [0.2, 0.25) is 0 Å². The van der Waals surface area contributed by atoms with Crippen molar-refractivity contribution in [1.29, 1.82) is 0 Å². The Bertz CT molecular complexity index is 974. The largest absolute Gasteiger partial charge is 0.480 e. The Morgan fingerprint density at radius 3 is 2.04 bits per heavy atom. The highest BCUT2D eigenvalue weighted by atomic mass is 16.4. The fraction of sp³-hybridized carbons (Fsp3) is 0.240. The minimum atomic E-state index is -1.10. The van der Waals surface area contributed by atoms with Gasteiger partial charge in [0, 0.05) is 11.4 Å². The number of anilines is 2. The Balaban J connectivity index is 1.92. The van der Waals surface area contributed by atoms with Gasteiger partial charge in [-0.15, -0.1) is 0 Å². The van der Waals surface area contributed by atoms with Gasteiger partial charge in [-0.1, -0.05) is 49.4 Å². The molecule has 0 aliphatic carbocycles. The first-order valence-corrected chi connectivity index (χ1v) is 9.63. The second-order valence-corrected chi connectivity index (χ2v) is 7.43. The summed E-state index contributed by atoms with van der Waals surface area (Å²) in [5, 5.41) is 13.5. The van der Waals surface area contributed by atoms with E-state index < -0.39 is 11.4 Å². The normalized spacial score (nSPS) is 13.0. The number of nitrogens with one attached hydrogen (secondary N) is 1. The third-order valence-electron chi connectivity index (χ3n) is 5.68.